The number of aliphatic hydroxyl groups excluding tert-OH is 1. The molecule has 2 aromatic rings. The van der Waals surface area contributed by atoms with E-state index in [1.165, 1.54) is 24.8 Å². The average molecular weight is 606 g/mol. The Morgan fingerprint density at radius 2 is 1.73 bits per heavy atom. The fourth-order valence-corrected chi connectivity index (χ4v) is 9.26. The fourth-order valence-electron chi connectivity index (χ4n) is 9.26. The van der Waals surface area contributed by atoms with E-state index in [9.17, 15) is 15.0 Å². The van der Waals surface area contributed by atoms with E-state index >= 15 is 4.39 Å². The maximum absolute atomic E-state index is 16.1. The number of nitrogens with zero attached hydrogens (tertiary/aromatic N) is 1. The van der Waals surface area contributed by atoms with Crippen molar-refractivity contribution in [3.8, 4) is 5.75 Å². The number of phenolic OH excluding ortho intramolecular Hbond substituents is 1. The first-order chi connectivity index (χ1) is 21.3. The van der Waals surface area contributed by atoms with Crippen LogP contribution in [-0.4, -0.2) is 46.4 Å². The monoisotopic (exact) mass is 605 g/mol. The Kier molecular flexibility index (Phi) is 11.4. The predicted octanol–water partition coefficient (Wildman–Crippen LogP) is 8.78. The van der Waals surface area contributed by atoms with E-state index < -0.39 is 12.3 Å². The van der Waals surface area contributed by atoms with Crippen LogP contribution >= 0.6 is 0 Å². The van der Waals surface area contributed by atoms with Crippen molar-refractivity contribution < 1.29 is 19.4 Å². The van der Waals surface area contributed by atoms with Crippen molar-refractivity contribution in [1.29, 1.82) is 0 Å². The highest BCUT2D eigenvalue weighted by molar-refractivity contribution is 5.76. The van der Waals surface area contributed by atoms with Gasteiger partial charge < -0.3 is 15.1 Å². The molecule has 7 atom stereocenters. The molecule has 44 heavy (non-hydrogen) atoms. The van der Waals surface area contributed by atoms with Gasteiger partial charge in [-0.2, -0.15) is 0 Å². The Labute approximate surface area is 265 Å². The molecule has 3 aliphatic carbocycles. The van der Waals surface area contributed by atoms with Crippen molar-refractivity contribution in [2.75, 3.05) is 13.1 Å². The topological polar surface area (TPSA) is 60.8 Å². The van der Waals surface area contributed by atoms with Crippen LogP contribution in [-0.2, 0) is 17.6 Å². The normalized spacial score (nSPS) is 29.1. The lowest BCUT2D eigenvalue weighted by Gasteiger charge is -2.54. The smallest absolute Gasteiger partial charge is 0.222 e. The van der Waals surface area contributed by atoms with E-state index in [4.69, 9.17) is 0 Å². The van der Waals surface area contributed by atoms with Crippen molar-refractivity contribution in [3.05, 3.63) is 65.2 Å². The minimum Gasteiger partial charge on any atom is -0.508 e. The Morgan fingerprint density at radius 1 is 0.977 bits per heavy atom. The number of amides is 1. The van der Waals surface area contributed by atoms with Crippen LogP contribution in [0, 0.1) is 23.2 Å². The van der Waals surface area contributed by atoms with E-state index in [-0.39, 0.29) is 23.0 Å². The first-order valence-electron chi connectivity index (χ1n) is 17.8. The van der Waals surface area contributed by atoms with Crippen molar-refractivity contribution in [3.63, 3.8) is 0 Å². The lowest BCUT2D eigenvalue weighted by molar-refractivity contribution is -0.131. The summed E-state index contributed by atoms with van der Waals surface area (Å²) in [6.07, 6.45) is 13.0. The SMILES string of the molecule is CCCCCCN(CCCCCC1Cc2cc(O)ccc2C2C(F)C[C@]3(C)C(O)CCC3C12)C(=O)CCCc1ccccc1. The second-order valence-corrected chi connectivity index (χ2v) is 14.5. The number of fused-ring (bicyclic) bond motifs is 5. The Balaban J connectivity index is 1.17. The molecule has 242 valence electrons. The zero-order valence-electron chi connectivity index (χ0n) is 27.2. The summed E-state index contributed by atoms with van der Waals surface area (Å²) in [4.78, 5) is 15.4. The number of phenols is 1. The van der Waals surface area contributed by atoms with Gasteiger partial charge in [-0.15, -0.1) is 0 Å². The van der Waals surface area contributed by atoms with Crippen LogP contribution in [0.15, 0.2) is 48.5 Å². The molecule has 2 aromatic carbocycles. The Bertz CT molecular complexity index is 1200. The zero-order chi connectivity index (χ0) is 31.1. The Morgan fingerprint density at radius 3 is 2.48 bits per heavy atom. The summed E-state index contributed by atoms with van der Waals surface area (Å²) in [5, 5.41) is 21.2. The van der Waals surface area contributed by atoms with E-state index in [0.717, 1.165) is 88.4 Å². The molecule has 2 N–H and O–H groups in total. The number of alkyl halides is 1. The molecule has 0 bridgehead atoms. The number of rotatable bonds is 15. The molecule has 4 nitrogen and oxygen atoms in total. The lowest BCUT2D eigenvalue weighted by atomic mass is 9.51. The molecule has 0 radical (unpaired) electrons. The second-order valence-electron chi connectivity index (χ2n) is 14.5. The van der Waals surface area contributed by atoms with E-state index in [0.29, 0.717) is 30.6 Å². The number of hydrogen-bond donors (Lipinski definition) is 2. The molecule has 2 saturated carbocycles. The number of aryl methyl sites for hydroxylation is 1. The van der Waals surface area contributed by atoms with Gasteiger partial charge in [-0.3, -0.25) is 4.79 Å². The number of aromatic hydroxyl groups is 1. The molecule has 1 amide bonds. The summed E-state index contributed by atoms with van der Waals surface area (Å²) in [5.41, 5.74) is 3.15. The van der Waals surface area contributed by atoms with Gasteiger partial charge in [0.15, 0.2) is 0 Å². The number of halogens is 1. The zero-order valence-corrected chi connectivity index (χ0v) is 27.2. The van der Waals surface area contributed by atoms with Gasteiger partial charge >= 0.3 is 0 Å². The first kappa shape index (κ1) is 33.0. The summed E-state index contributed by atoms with van der Waals surface area (Å²) in [6.45, 7) is 6.03. The standard InChI is InChI=1S/C39H56FNO3/c1-3-4-5-11-23-41(36(44)18-13-16-28-14-8-6-9-15-28)24-12-7-10-17-29-25-30-26-31(42)19-20-32(30)38-34(40)27-39(2)33(37(29)38)21-22-35(39)43/h6,8-9,14-15,19-20,26,29,33-35,37-38,42-43H,3-5,7,10-13,16-18,21-25,27H2,1-2H3/t29?,33?,34?,35?,37?,38?,39-/m0/s1. The molecule has 2 fully saturated rings. The van der Waals surface area contributed by atoms with Gasteiger partial charge in [0.25, 0.3) is 0 Å². The van der Waals surface area contributed by atoms with Gasteiger partial charge in [-0.25, -0.2) is 4.39 Å². The minimum absolute atomic E-state index is 0.139. The average Bonchev–Trinajstić information content (AvgIpc) is 3.31. The third-order valence-corrected chi connectivity index (χ3v) is 11.6. The number of aliphatic hydroxyl groups is 1. The molecule has 0 aromatic heterocycles. The molecule has 5 heteroatoms. The molecular weight excluding hydrogens is 549 g/mol. The largest absolute Gasteiger partial charge is 0.508 e. The first-order valence-corrected chi connectivity index (χ1v) is 17.8. The highest BCUT2D eigenvalue weighted by Gasteiger charge is 2.59. The predicted molar refractivity (Wildman–Crippen MR) is 176 cm³/mol. The molecule has 6 unspecified atom stereocenters. The molecule has 0 aliphatic heterocycles. The second kappa shape index (κ2) is 15.3. The van der Waals surface area contributed by atoms with E-state index in [2.05, 4.69) is 43.0 Å². The van der Waals surface area contributed by atoms with Crippen LogP contribution in [0.1, 0.15) is 120 Å². The Hall–Kier alpha value is -2.40. The molecule has 5 rings (SSSR count). The molecule has 0 saturated heterocycles. The van der Waals surface area contributed by atoms with Gasteiger partial charge in [0.05, 0.1) is 6.10 Å². The number of unbranched alkanes of at least 4 members (excludes halogenated alkanes) is 5. The summed E-state index contributed by atoms with van der Waals surface area (Å²) in [7, 11) is 0. The van der Waals surface area contributed by atoms with Crippen LogP contribution in [0.3, 0.4) is 0 Å². The summed E-state index contributed by atoms with van der Waals surface area (Å²) in [6, 6.07) is 16.0. The third-order valence-electron chi connectivity index (χ3n) is 11.6. The number of benzene rings is 2. The summed E-state index contributed by atoms with van der Waals surface area (Å²) in [5.74, 6) is 1.35. The van der Waals surface area contributed by atoms with Crippen LogP contribution in [0.25, 0.3) is 0 Å². The van der Waals surface area contributed by atoms with Gasteiger partial charge in [-0.1, -0.05) is 82.3 Å². The van der Waals surface area contributed by atoms with Gasteiger partial charge in [-0.05, 0) is 110 Å². The fraction of sp³-hybridized carbons (Fsp3) is 0.667. The number of carbonyl (C=O) groups is 1. The van der Waals surface area contributed by atoms with Crippen LogP contribution in [0.5, 0.6) is 5.75 Å². The van der Waals surface area contributed by atoms with E-state index in [1.54, 1.807) is 6.07 Å². The quantitative estimate of drug-likeness (QED) is 0.200. The minimum atomic E-state index is -0.964. The van der Waals surface area contributed by atoms with Gasteiger partial charge in [0.1, 0.15) is 11.9 Å². The maximum Gasteiger partial charge on any atom is 0.222 e. The summed E-state index contributed by atoms with van der Waals surface area (Å²) < 4.78 is 16.1. The molecule has 0 heterocycles. The third kappa shape index (κ3) is 7.52. The molecular formula is C39H56FNO3. The highest BCUT2D eigenvalue weighted by atomic mass is 19.1. The molecule has 3 aliphatic rings. The van der Waals surface area contributed by atoms with Crippen molar-refractivity contribution in [2.24, 2.45) is 23.2 Å². The van der Waals surface area contributed by atoms with Crippen molar-refractivity contribution in [1.82, 2.24) is 4.90 Å². The van der Waals surface area contributed by atoms with Gasteiger partial charge in [0.2, 0.25) is 5.91 Å². The highest BCUT2D eigenvalue weighted by Crippen LogP contribution is 2.63. The van der Waals surface area contributed by atoms with Gasteiger partial charge in [0, 0.05) is 25.4 Å². The van der Waals surface area contributed by atoms with Crippen LogP contribution in [0.2, 0.25) is 0 Å². The van der Waals surface area contributed by atoms with Crippen molar-refractivity contribution in [2.45, 2.75) is 128 Å². The summed E-state index contributed by atoms with van der Waals surface area (Å²) >= 11 is 0. The molecule has 0 spiro atoms. The number of hydrogen-bond acceptors (Lipinski definition) is 3. The van der Waals surface area contributed by atoms with E-state index in [1.807, 2.05) is 18.2 Å². The van der Waals surface area contributed by atoms with Crippen LogP contribution < -0.4 is 0 Å². The van der Waals surface area contributed by atoms with Crippen molar-refractivity contribution >= 4 is 5.91 Å². The number of carbonyl (C=O) groups excluding carboxylic acids is 1. The van der Waals surface area contributed by atoms with Crippen LogP contribution in [0.4, 0.5) is 4.39 Å². The maximum atomic E-state index is 16.1. The lowest BCUT2D eigenvalue weighted by Crippen LogP contribution is -2.51.